The van der Waals surface area contributed by atoms with Crippen molar-refractivity contribution in [1.29, 1.82) is 0 Å². The molecule has 0 radical (unpaired) electrons. The SMILES string of the molecule is CNCc1ccc(CN(C)CCc2cccc(Cl)c2Cl)cc1. The van der Waals surface area contributed by atoms with Crippen LogP contribution in [0.1, 0.15) is 16.7 Å². The standard InChI is InChI=1S/C18H22Cl2N2/c1-21-12-14-6-8-15(9-7-14)13-22(2)11-10-16-4-3-5-17(19)18(16)20/h3-9,21H,10-13H2,1-2H3. The minimum absolute atomic E-state index is 0.627. The van der Waals surface area contributed by atoms with Gasteiger partial charge in [0.05, 0.1) is 10.0 Å². The molecule has 0 fully saturated rings. The zero-order chi connectivity index (χ0) is 15.9. The summed E-state index contributed by atoms with van der Waals surface area (Å²) >= 11 is 12.3. The molecule has 0 aliphatic rings. The van der Waals surface area contributed by atoms with E-state index in [2.05, 4.69) is 41.5 Å². The number of nitrogens with one attached hydrogen (secondary N) is 1. The lowest BCUT2D eigenvalue weighted by atomic mass is 10.1. The molecule has 0 aliphatic carbocycles. The summed E-state index contributed by atoms with van der Waals surface area (Å²) in [6.07, 6.45) is 0.897. The molecular formula is C18H22Cl2N2. The molecule has 0 saturated heterocycles. The Morgan fingerprint density at radius 1 is 1.00 bits per heavy atom. The van der Waals surface area contributed by atoms with Crippen molar-refractivity contribution in [3.63, 3.8) is 0 Å². The fourth-order valence-corrected chi connectivity index (χ4v) is 2.82. The predicted octanol–water partition coefficient (Wildman–Crippen LogP) is 4.39. The van der Waals surface area contributed by atoms with Crippen LogP contribution >= 0.6 is 23.2 Å². The monoisotopic (exact) mass is 336 g/mol. The van der Waals surface area contributed by atoms with E-state index in [1.54, 1.807) is 0 Å². The molecule has 0 atom stereocenters. The number of nitrogens with zero attached hydrogens (tertiary/aromatic N) is 1. The summed E-state index contributed by atoms with van der Waals surface area (Å²) in [5.41, 5.74) is 3.73. The molecule has 1 N–H and O–H groups in total. The van der Waals surface area contributed by atoms with E-state index in [1.165, 1.54) is 11.1 Å². The van der Waals surface area contributed by atoms with E-state index in [0.29, 0.717) is 10.0 Å². The van der Waals surface area contributed by atoms with Crippen LogP contribution in [0.4, 0.5) is 0 Å². The summed E-state index contributed by atoms with van der Waals surface area (Å²) in [6.45, 7) is 2.78. The second kappa shape index (κ2) is 8.54. The van der Waals surface area contributed by atoms with Crippen molar-refractivity contribution in [3.8, 4) is 0 Å². The lowest BCUT2D eigenvalue weighted by Gasteiger charge is -2.17. The quantitative estimate of drug-likeness (QED) is 0.806. The van der Waals surface area contributed by atoms with E-state index >= 15 is 0 Å². The minimum atomic E-state index is 0.627. The van der Waals surface area contributed by atoms with E-state index in [9.17, 15) is 0 Å². The van der Waals surface area contributed by atoms with Crippen LogP contribution in [0, 0.1) is 0 Å². The maximum absolute atomic E-state index is 6.23. The third-order valence-corrected chi connectivity index (χ3v) is 4.51. The predicted molar refractivity (Wildman–Crippen MR) is 95.7 cm³/mol. The average Bonchev–Trinajstić information content (AvgIpc) is 2.51. The van der Waals surface area contributed by atoms with Crippen molar-refractivity contribution < 1.29 is 0 Å². The van der Waals surface area contributed by atoms with Crippen LogP contribution in [0.15, 0.2) is 42.5 Å². The van der Waals surface area contributed by atoms with Gasteiger partial charge in [0.15, 0.2) is 0 Å². The van der Waals surface area contributed by atoms with E-state index in [1.807, 2.05) is 25.2 Å². The molecule has 2 nitrogen and oxygen atoms in total. The Balaban J connectivity index is 1.87. The van der Waals surface area contributed by atoms with Gasteiger partial charge in [-0.2, -0.15) is 0 Å². The molecular weight excluding hydrogens is 315 g/mol. The molecule has 2 aromatic rings. The van der Waals surface area contributed by atoms with Gasteiger partial charge in [0.2, 0.25) is 0 Å². The summed E-state index contributed by atoms with van der Waals surface area (Å²) in [4.78, 5) is 2.30. The third-order valence-electron chi connectivity index (χ3n) is 3.65. The molecule has 0 aromatic heterocycles. The van der Waals surface area contributed by atoms with Gasteiger partial charge in [0.25, 0.3) is 0 Å². The largest absolute Gasteiger partial charge is 0.316 e. The molecule has 22 heavy (non-hydrogen) atoms. The van der Waals surface area contributed by atoms with Crippen molar-refractivity contribution in [2.75, 3.05) is 20.6 Å². The minimum Gasteiger partial charge on any atom is -0.316 e. The van der Waals surface area contributed by atoms with Crippen molar-refractivity contribution in [2.45, 2.75) is 19.5 Å². The summed E-state index contributed by atoms with van der Waals surface area (Å²) in [6, 6.07) is 14.5. The Morgan fingerprint density at radius 3 is 2.36 bits per heavy atom. The van der Waals surface area contributed by atoms with Gasteiger partial charge < -0.3 is 10.2 Å². The number of hydrogen-bond donors (Lipinski definition) is 1. The molecule has 0 saturated carbocycles. The average molecular weight is 337 g/mol. The van der Waals surface area contributed by atoms with Gasteiger partial charge in [-0.1, -0.05) is 59.6 Å². The molecule has 2 rings (SSSR count). The van der Waals surface area contributed by atoms with Crippen LogP contribution in [-0.4, -0.2) is 25.5 Å². The van der Waals surface area contributed by atoms with E-state index in [4.69, 9.17) is 23.2 Å². The van der Waals surface area contributed by atoms with Crippen LogP contribution in [-0.2, 0) is 19.5 Å². The molecule has 0 amide bonds. The van der Waals surface area contributed by atoms with Crippen LogP contribution in [0.5, 0.6) is 0 Å². The lowest BCUT2D eigenvalue weighted by Crippen LogP contribution is -2.20. The van der Waals surface area contributed by atoms with Crippen molar-refractivity contribution in [2.24, 2.45) is 0 Å². The summed E-state index contributed by atoms with van der Waals surface area (Å²) in [5.74, 6) is 0. The fraction of sp³-hybridized carbons (Fsp3) is 0.333. The topological polar surface area (TPSA) is 15.3 Å². The smallest absolute Gasteiger partial charge is 0.0624 e. The molecule has 0 spiro atoms. The van der Waals surface area contributed by atoms with Crippen molar-refractivity contribution in [1.82, 2.24) is 10.2 Å². The highest BCUT2D eigenvalue weighted by molar-refractivity contribution is 6.42. The van der Waals surface area contributed by atoms with Gasteiger partial charge in [-0.05, 0) is 43.3 Å². The first-order valence-corrected chi connectivity index (χ1v) is 8.19. The third kappa shape index (κ3) is 4.99. The molecule has 2 aromatic carbocycles. The Morgan fingerprint density at radius 2 is 1.68 bits per heavy atom. The highest BCUT2D eigenvalue weighted by atomic mass is 35.5. The molecule has 118 valence electrons. The van der Waals surface area contributed by atoms with E-state index in [0.717, 1.165) is 31.6 Å². The van der Waals surface area contributed by atoms with Gasteiger partial charge in [0.1, 0.15) is 0 Å². The Labute approximate surface area is 143 Å². The number of hydrogen-bond acceptors (Lipinski definition) is 2. The molecule has 0 bridgehead atoms. The normalized spacial score (nSPS) is 11.1. The van der Waals surface area contributed by atoms with Crippen molar-refractivity contribution in [3.05, 3.63) is 69.2 Å². The first-order valence-electron chi connectivity index (χ1n) is 7.44. The first-order chi connectivity index (χ1) is 10.6. The Hall–Kier alpha value is -1.06. The second-order valence-corrected chi connectivity index (χ2v) is 6.33. The van der Waals surface area contributed by atoms with Crippen molar-refractivity contribution >= 4 is 23.2 Å². The van der Waals surface area contributed by atoms with Crippen LogP contribution in [0.3, 0.4) is 0 Å². The zero-order valence-corrected chi connectivity index (χ0v) is 14.6. The van der Waals surface area contributed by atoms with Gasteiger partial charge in [-0.25, -0.2) is 0 Å². The summed E-state index contributed by atoms with van der Waals surface area (Å²) < 4.78 is 0. The Bertz CT molecular complexity index is 597. The maximum atomic E-state index is 6.23. The highest BCUT2D eigenvalue weighted by Gasteiger charge is 2.06. The number of halogens is 2. The van der Waals surface area contributed by atoms with Gasteiger partial charge in [-0.15, -0.1) is 0 Å². The summed E-state index contributed by atoms with van der Waals surface area (Å²) in [5, 5.41) is 4.46. The summed E-state index contributed by atoms with van der Waals surface area (Å²) in [7, 11) is 4.09. The maximum Gasteiger partial charge on any atom is 0.0624 e. The molecule has 4 heteroatoms. The number of benzene rings is 2. The number of rotatable bonds is 7. The molecule has 0 unspecified atom stereocenters. The first kappa shape index (κ1) is 17.3. The van der Waals surface area contributed by atoms with Gasteiger partial charge in [0, 0.05) is 19.6 Å². The van der Waals surface area contributed by atoms with Crippen LogP contribution in [0.2, 0.25) is 10.0 Å². The van der Waals surface area contributed by atoms with Gasteiger partial charge in [-0.3, -0.25) is 0 Å². The Kier molecular flexibility index (Phi) is 6.71. The molecule has 0 aliphatic heterocycles. The van der Waals surface area contributed by atoms with Crippen LogP contribution < -0.4 is 5.32 Å². The lowest BCUT2D eigenvalue weighted by molar-refractivity contribution is 0.331. The highest BCUT2D eigenvalue weighted by Crippen LogP contribution is 2.25. The molecule has 0 heterocycles. The zero-order valence-electron chi connectivity index (χ0n) is 13.1. The fourth-order valence-electron chi connectivity index (χ4n) is 2.41. The second-order valence-electron chi connectivity index (χ2n) is 5.55. The van der Waals surface area contributed by atoms with E-state index in [-0.39, 0.29) is 0 Å². The van der Waals surface area contributed by atoms with E-state index < -0.39 is 0 Å². The number of likely N-dealkylation sites (N-methyl/N-ethyl adjacent to an activating group) is 1. The van der Waals surface area contributed by atoms with Gasteiger partial charge >= 0.3 is 0 Å². The van der Waals surface area contributed by atoms with Crippen LogP contribution in [0.25, 0.3) is 0 Å².